The van der Waals surface area contributed by atoms with Crippen LogP contribution in [0.1, 0.15) is 11.1 Å². The number of hydrogen-bond donors (Lipinski definition) is 0. The predicted molar refractivity (Wildman–Crippen MR) is 72.8 cm³/mol. The molecule has 0 aliphatic heterocycles. The van der Waals surface area contributed by atoms with E-state index in [9.17, 15) is 13.3 Å². The zero-order valence-corrected chi connectivity index (χ0v) is 11.5. The van der Waals surface area contributed by atoms with E-state index in [1.807, 2.05) is 0 Å². The Morgan fingerprint density at radius 3 is 1.40 bits per heavy atom. The molecular weight excluding hydrogens is 285 g/mol. The molecule has 0 atom stereocenters. The summed E-state index contributed by atoms with van der Waals surface area (Å²) in [7, 11) is -2.77. The van der Waals surface area contributed by atoms with Crippen molar-refractivity contribution in [2.45, 2.75) is 13.3 Å². The fraction of sp³-hybridized carbons (Fsp3) is 0.143. The number of alkyl halides is 2. The van der Waals surface area contributed by atoms with Crippen molar-refractivity contribution in [1.29, 1.82) is 0 Å². The van der Waals surface area contributed by atoms with E-state index in [0.717, 1.165) is 0 Å². The Morgan fingerprint density at radius 2 is 1.10 bits per heavy atom. The van der Waals surface area contributed by atoms with Gasteiger partial charge in [0.05, 0.1) is 0 Å². The maximum atomic E-state index is 12.3. The van der Waals surface area contributed by atoms with Crippen LogP contribution in [-0.4, -0.2) is 0 Å². The maximum Gasteiger partial charge on any atom is 0.418 e. The molecule has 3 nitrogen and oxygen atoms in total. The van der Waals surface area contributed by atoms with Gasteiger partial charge in [0.25, 0.3) is 0 Å². The van der Waals surface area contributed by atoms with E-state index in [-0.39, 0.29) is 0 Å². The molecule has 106 valence electrons. The quantitative estimate of drug-likeness (QED) is 0.738. The summed E-state index contributed by atoms with van der Waals surface area (Å²) in [5, 5.41) is 0. The lowest BCUT2D eigenvalue weighted by molar-refractivity contribution is 0.415. The lowest BCUT2D eigenvalue weighted by atomic mass is 10.2. The molecule has 0 fully saturated rings. The predicted octanol–water partition coefficient (Wildman–Crippen LogP) is 4.47. The SMILES string of the molecule is O=[PH](Oc1ccc(CF)cc1)Oc1ccc(CF)cc1. The zero-order valence-electron chi connectivity index (χ0n) is 10.5. The van der Waals surface area contributed by atoms with Crippen LogP contribution >= 0.6 is 8.25 Å². The van der Waals surface area contributed by atoms with Gasteiger partial charge in [0.2, 0.25) is 0 Å². The molecule has 0 bridgehead atoms. The lowest BCUT2D eigenvalue weighted by Crippen LogP contribution is -1.89. The number of benzene rings is 2. The van der Waals surface area contributed by atoms with Crippen molar-refractivity contribution in [3.63, 3.8) is 0 Å². The number of halogens is 2. The first-order chi connectivity index (χ1) is 9.71. The van der Waals surface area contributed by atoms with Crippen LogP contribution in [-0.2, 0) is 17.9 Å². The van der Waals surface area contributed by atoms with Crippen molar-refractivity contribution in [3.05, 3.63) is 59.7 Å². The molecule has 0 radical (unpaired) electrons. The summed E-state index contributed by atoms with van der Waals surface area (Å²) < 4.78 is 46.5. The van der Waals surface area contributed by atoms with Gasteiger partial charge in [-0.3, -0.25) is 0 Å². The Hall–Kier alpha value is -1.87. The monoisotopic (exact) mass is 298 g/mol. The largest absolute Gasteiger partial charge is 0.418 e. The van der Waals surface area contributed by atoms with Crippen molar-refractivity contribution in [3.8, 4) is 11.5 Å². The molecule has 20 heavy (non-hydrogen) atoms. The molecule has 0 aliphatic rings. The van der Waals surface area contributed by atoms with Crippen LogP contribution in [0, 0.1) is 0 Å². The molecule has 0 aliphatic carbocycles. The summed E-state index contributed by atoms with van der Waals surface area (Å²) in [5.74, 6) is 0.679. The Bertz CT molecular complexity index is 518. The highest BCUT2D eigenvalue weighted by atomic mass is 31.1. The van der Waals surface area contributed by atoms with Crippen LogP contribution in [0.25, 0.3) is 0 Å². The number of hydrogen-bond acceptors (Lipinski definition) is 3. The summed E-state index contributed by atoms with van der Waals surface area (Å²) in [6.45, 7) is -1.13. The summed E-state index contributed by atoms with van der Waals surface area (Å²) in [4.78, 5) is 0. The molecular formula is C14H13F2O3P. The van der Waals surface area contributed by atoms with E-state index in [4.69, 9.17) is 9.05 Å². The van der Waals surface area contributed by atoms with E-state index in [0.29, 0.717) is 22.6 Å². The minimum Gasteiger partial charge on any atom is -0.418 e. The first-order valence-electron chi connectivity index (χ1n) is 5.90. The van der Waals surface area contributed by atoms with Gasteiger partial charge in [-0.25, -0.2) is 13.3 Å². The fourth-order valence-electron chi connectivity index (χ4n) is 1.51. The Morgan fingerprint density at radius 1 is 0.750 bits per heavy atom. The highest BCUT2D eigenvalue weighted by Gasteiger charge is 2.04. The zero-order chi connectivity index (χ0) is 14.4. The first kappa shape index (κ1) is 14.5. The third kappa shape index (κ3) is 4.07. The van der Waals surface area contributed by atoms with Gasteiger partial charge in [0.15, 0.2) is 0 Å². The van der Waals surface area contributed by atoms with Gasteiger partial charge in [-0.05, 0) is 35.4 Å². The van der Waals surface area contributed by atoms with E-state index >= 15 is 0 Å². The molecule has 2 aromatic carbocycles. The van der Waals surface area contributed by atoms with Crippen molar-refractivity contribution in [1.82, 2.24) is 0 Å². The molecule has 0 saturated carbocycles. The standard InChI is InChI=1S/C14H13F2O3P/c15-9-11-1-5-13(6-2-11)18-20(17)19-14-7-3-12(10-16)4-8-14/h1-8,20H,9-10H2. The third-order valence-electron chi connectivity index (χ3n) is 2.56. The van der Waals surface area contributed by atoms with Gasteiger partial charge in [0, 0.05) is 0 Å². The smallest absolute Gasteiger partial charge is 0.418 e. The molecule has 0 aromatic heterocycles. The van der Waals surface area contributed by atoms with E-state index in [1.54, 1.807) is 24.3 Å². The topological polar surface area (TPSA) is 35.5 Å². The van der Waals surface area contributed by atoms with Gasteiger partial charge in [-0.2, -0.15) is 0 Å². The second kappa shape index (κ2) is 7.06. The Labute approximate surface area is 116 Å². The van der Waals surface area contributed by atoms with Crippen LogP contribution in [0.15, 0.2) is 48.5 Å². The van der Waals surface area contributed by atoms with Crippen LogP contribution in [0.3, 0.4) is 0 Å². The van der Waals surface area contributed by atoms with Crippen molar-refractivity contribution in [2.75, 3.05) is 0 Å². The van der Waals surface area contributed by atoms with Gasteiger partial charge in [-0.1, -0.05) is 24.3 Å². The van der Waals surface area contributed by atoms with Crippen molar-refractivity contribution >= 4 is 8.25 Å². The van der Waals surface area contributed by atoms with Crippen molar-refractivity contribution in [2.24, 2.45) is 0 Å². The van der Waals surface area contributed by atoms with Crippen LogP contribution in [0.4, 0.5) is 8.78 Å². The minimum absolute atomic E-state index is 0.339. The Kier molecular flexibility index (Phi) is 5.13. The molecule has 0 N–H and O–H groups in total. The third-order valence-corrected chi connectivity index (χ3v) is 3.36. The molecule has 0 heterocycles. The molecule has 0 amide bonds. The minimum atomic E-state index is -2.77. The summed E-state index contributed by atoms with van der Waals surface area (Å²) in [6.07, 6.45) is 0. The molecule has 2 rings (SSSR count). The van der Waals surface area contributed by atoms with Crippen LogP contribution in [0.2, 0.25) is 0 Å². The van der Waals surface area contributed by atoms with Crippen molar-refractivity contribution < 1.29 is 22.4 Å². The van der Waals surface area contributed by atoms with E-state index in [2.05, 4.69) is 0 Å². The second-order valence-electron chi connectivity index (χ2n) is 4.01. The first-order valence-corrected chi connectivity index (χ1v) is 7.13. The molecule has 0 saturated heterocycles. The highest BCUT2D eigenvalue weighted by Crippen LogP contribution is 2.30. The molecule has 6 heteroatoms. The van der Waals surface area contributed by atoms with Gasteiger partial charge in [-0.15, -0.1) is 0 Å². The van der Waals surface area contributed by atoms with Crippen LogP contribution < -0.4 is 9.05 Å². The summed E-state index contributed by atoms with van der Waals surface area (Å²) in [5.41, 5.74) is 1.03. The van der Waals surface area contributed by atoms with Gasteiger partial charge < -0.3 is 9.05 Å². The van der Waals surface area contributed by atoms with Gasteiger partial charge >= 0.3 is 8.25 Å². The molecule has 0 unspecified atom stereocenters. The molecule has 0 spiro atoms. The molecule has 2 aromatic rings. The lowest BCUT2D eigenvalue weighted by Gasteiger charge is -2.08. The average Bonchev–Trinajstić information content (AvgIpc) is 2.49. The summed E-state index contributed by atoms with van der Waals surface area (Å²) >= 11 is 0. The second-order valence-corrected chi connectivity index (χ2v) is 4.92. The van der Waals surface area contributed by atoms with Gasteiger partial charge in [0.1, 0.15) is 24.8 Å². The summed E-state index contributed by atoms with van der Waals surface area (Å²) in [6, 6.07) is 12.3. The van der Waals surface area contributed by atoms with E-state index < -0.39 is 21.6 Å². The highest BCUT2D eigenvalue weighted by molar-refractivity contribution is 7.34. The number of rotatable bonds is 6. The van der Waals surface area contributed by atoms with Crippen LogP contribution in [0.5, 0.6) is 11.5 Å². The maximum absolute atomic E-state index is 12.3. The average molecular weight is 298 g/mol. The normalized spacial score (nSPS) is 10.6. The Balaban J connectivity index is 1.93. The van der Waals surface area contributed by atoms with E-state index in [1.165, 1.54) is 24.3 Å². The fourth-order valence-corrected chi connectivity index (χ4v) is 2.21.